The normalized spacial score (nSPS) is 10.4. The number of fused-ring (bicyclic) bond motifs is 1. The average Bonchev–Trinajstić information content (AvgIpc) is 2.59. The van der Waals surface area contributed by atoms with Crippen molar-refractivity contribution < 1.29 is 4.79 Å². The van der Waals surface area contributed by atoms with E-state index < -0.39 is 5.91 Å². The first-order valence-corrected chi connectivity index (χ1v) is 7.37. The number of hydrogen-bond acceptors (Lipinski definition) is 1. The molecule has 1 amide bonds. The Morgan fingerprint density at radius 1 is 0.826 bits per heavy atom. The number of carbonyl (C=O) groups is 1. The van der Waals surface area contributed by atoms with Crippen LogP contribution in [-0.2, 0) is 0 Å². The van der Waals surface area contributed by atoms with E-state index in [-0.39, 0.29) is 0 Å². The summed E-state index contributed by atoms with van der Waals surface area (Å²) in [6.07, 6.45) is 3.44. The van der Waals surface area contributed by atoms with Crippen molar-refractivity contribution in [1.82, 2.24) is 0 Å². The van der Waals surface area contributed by atoms with Crippen molar-refractivity contribution >= 4 is 28.8 Å². The van der Waals surface area contributed by atoms with Gasteiger partial charge in [-0.3, -0.25) is 4.79 Å². The number of rotatable bonds is 4. The first kappa shape index (κ1) is 14.8. The van der Waals surface area contributed by atoms with Crippen LogP contribution in [0.5, 0.6) is 0 Å². The lowest BCUT2D eigenvalue weighted by Crippen LogP contribution is -2.14. The van der Waals surface area contributed by atoms with Gasteiger partial charge in [0, 0.05) is 0 Å². The van der Waals surface area contributed by atoms with Gasteiger partial charge in [-0.15, -0.1) is 0 Å². The molecule has 0 saturated carbocycles. The summed E-state index contributed by atoms with van der Waals surface area (Å²) < 4.78 is 0. The molecule has 0 heterocycles. The van der Waals surface area contributed by atoms with Crippen LogP contribution in [0.4, 0.5) is 0 Å². The Morgan fingerprint density at radius 3 is 1.96 bits per heavy atom. The minimum Gasteiger partial charge on any atom is -0.366 e. The summed E-state index contributed by atoms with van der Waals surface area (Å²) >= 11 is 0. The SMILES string of the molecule is C=Cc1c(C=C)c(-c2ccccc2)c2ccccc2c1C(N)=O. The average molecular weight is 299 g/mol. The monoisotopic (exact) mass is 299 g/mol. The summed E-state index contributed by atoms with van der Waals surface area (Å²) in [4.78, 5) is 12.1. The molecular weight excluding hydrogens is 282 g/mol. The minimum absolute atomic E-state index is 0.459. The Bertz CT molecular complexity index is 923. The topological polar surface area (TPSA) is 43.1 Å². The van der Waals surface area contributed by atoms with Gasteiger partial charge in [-0.1, -0.05) is 79.9 Å². The van der Waals surface area contributed by atoms with E-state index >= 15 is 0 Å². The summed E-state index contributed by atoms with van der Waals surface area (Å²) in [5.74, 6) is -0.459. The van der Waals surface area contributed by atoms with Gasteiger partial charge in [-0.2, -0.15) is 0 Å². The molecule has 0 bridgehead atoms. The highest BCUT2D eigenvalue weighted by Crippen LogP contribution is 2.38. The standard InChI is InChI=1S/C21H17NO/c1-3-15-16(4-2)20(21(22)23)18-13-9-8-12-17(18)19(15)14-10-6-5-7-11-14/h3-13H,1-2H2,(H2,22,23). The second-order valence-electron chi connectivity index (χ2n) is 5.26. The molecule has 0 radical (unpaired) electrons. The van der Waals surface area contributed by atoms with Crippen molar-refractivity contribution in [1.29, 1.82) is 0 Å². The summed E-state index contributed by atoms with van der Waals surface area (Å²) in [5.41, 5.74) is 9.84. The van der Waals surface area contributed by atoms with Gasteiger partial charge in [0.05, 0.1) is 5.56 Å². The Labute approximate surface area is 135 Å². The number of amides is 1. The molecule has 0 unspecified atom stereocenters. The first-order valence-electron chi connectivity index (χ1n) is 7.37. The van der Waals surface area contributed by atoms with E-state index in [4.69, 9.17) is 5.73 Å². The van der Waals surface area contributed by atoms with Gasteiger partial charge in [0.1, 0.15) is 0 Å². The molecule has 0 saturated heterocycles. The molecule has 23 heavy (non-hydrogen) atoms. The van der Waals surface area contributed by atoms with E-state index in [0.717, 1.165) is 33.0 Å². The summed E-state index contributed by atoms with van der Waals surface area (Å²) in [7, 11) is 0. The smallest absolute Gasteiger partial charge is 0.249 e. The fraction of sp³-hybridized carbons (Fsp3) is 0. The van der Waals surface area contributed by atoms with E-state index in [1.165, 1.54) is 0 Å². The zero-order valence-corrected chi connectivity index (χ0v) is 12.8. The molecule has 2 nitrogen and oxygen atoms in total. The molecule has 0 aliphatic rings. The van der Waals surface area contributed by atoms with Crippen LogP contribution < -0.4 is 5.73 Å². The fourth-order valence-corrected chi connectivity index (χ4v) is 3.08. The lowest BCUT2D eigenvalue weighted by Gasteiger charge is -2.18. The summed E-state index contributed by atoms with van der Waals surface area (Å²) in [5, 5.41) is 1.81. The van der Waals surface area contributed by atoms with Gasteiger partial charge in [-0.25, -0.2) is 0 Å². The molecule has 0 aromatic heterocycles. The van der Waals surface area contributed by atoms with Gasteiger partial charge in [0.2, 0.25) is 5.91 Å². The van der Waals surface area contributed by atoms with Crippen LogP contribution in [0.25, 0.3) is 34.1 Å². The largest absolute Gasteiger partial charge is 0.366 e. The maximum absolute atomic E-state index is 12.1. The molecule has 112 valence electrons. The molecule has 0 fully saturated rings. The van der Waals surface area contributed by atoms with Crippen LogP contribution in [0.1, 0.15) is 21.5 Å². The first-order chi connectivity index (χ1) is 11.2. The van der Waals surface area contributed by atoms with Crippen molar-refractivity contribution in [2.24, 2.45) is 5.73 Å². The molecule has 3 rings (SSSR count). The Balaban J connectivity index is 2.59. The second-order valence-corrected chi connectivity index (χ2v) is 5.26. The Morgan fingerprint density at radius 2 is 1.39 bits per heavy atom. The quantitative estimate of drug-likeness (QED) is 0.732. The lowest BCUT2D eigenvalue weighted by molar-refractivity contribution is 0.100. The van der Waals surface area contributed by atoms with Crippen LogP contribution in [0.2, 0.25) is 0 Å². The van der Waals surface area contributed by atoms with Gasteiger partial charge >= 0.3 is 0 Å². The predicted octanol–water partition coefficient (Wildman–Crippen LogP) is 4.89. The predicted molar refractivity (Wildman–Crippen MR) is 98.1 cm³/mol. The molecule has 3 aromatic rings. The van der Waals surface area contributed by atoms with Crippen LogP contribution in [0.15, 0.2) is 67.8 Å². The summed E-state index contributed by atoms with van der Waals surface area (Å²) in [6.45, 7) is 7.80. The van der Waals surface area contributed by atoms with Crippen LogP contribution in [0, 0.1) is 0 Å². The Hall–Kier alpha value is -3.13. The third-order valence-corrected chi connectivity index (χ3v) is 4.01. The van der Waals surface area contributed by atoms with Crippen LogP contribution in [-0.4, -0.2) is 5.91 Å². The number of hydrogen-bond donors (Lipinski definition) is 1. The van der Waals surface area contributed by atoms with E-state index in [9.17, 15) is 4.79 Å². The highest BCUT2D eigenvalue weighted by atomic mass is 16.1. The van der Waals surface area contributed by atoms with Gasteiger partial charge in [0.15, 0.2) is 0 Å². The van der Waals surface area contributed by atoms with E-state index in [2.05, 4.69) is 13.2 Å². The molecule has 0 spiro atoms. The zero-order valence-electron chi connectivity index (χ0n) is 12.8. The van der Waals surface area contributed by atoms with Crippen molar-refractivity contribution in [3.05, 3.63) is 84.4 Å². The second kappa shape index (κ2) is 5.93. The third-order valence-electron chi connectivity index (χ3n) is 4.01. The lowest BCUT2D eigenvalue weighted by atomic mass is 9.85. The number of primary amides is 1. The maximum Gasteiger partial charge on any atom is 0.249 e. The zero-order chi connectivity index (χ0) is 16.4. The van der Waals surface area contributed by atoms with Gasteiger partial charge < -0.3 is 5.73 Å². The molecule has 0 atom stereocenters. The summed E-state index contributed by atoms with van der Waals surface area (Å²) in [6, 6.07) is 17.8. The highest BCUT2D eigenvalue weighted by Gasteiger charge is 2.19. The molecule has 0 aliphatic heterocycles. The van der Waals surface area contributed by atoms with Crippen molar-refractivity contribution in [3.8, 4) is 11.1 Å². The van der Waals surface area contributed by atoms with Crippen molar-refractivity contribution in [2.45, 2.75) is 0 Å². The maximum atomic E-state index is 12.1. The molecular formula is C21H17NO. The molecule has 0 aliphatic carbocycles. The fourth-order valence-electron chi connectivity index (χ4n) is 3.08. The Kier molecular flexibility index (Phi) is 3.82. The van der Waals surface area contributed by atoms with E-state index in [1.807, 2.05) is 54.6 Å². The number of carbonyl (C=O) groups excluding carboxylic acids is 1. The third kappa shape index (κ3) is 2.34. The molecule has 3 aromatic carbocycles. The number of nitrogens with two attached hydrogens (primary N) is 1. The highest BCUT2D eigenvalue weighted by molar-refractivity contribution is 6.15. The van der Waals surface area contributed by atoms with Crippen LogP contribution >= 0.6 is 0 Å². The van der Waals surface area contributed by atoms with Crippen LogP contribution in [0.3, 0.4) is 0 Å². The van der Waals surface area contributed by atoms with Crippen molar-refractivity contribution in [3.63, 3.8) is 0 Å². The van der Waals surface area contributed by atoms with E-state index in [0.29, 0.717) is 5.56 Å². The molecule has 2 heteroatoms. The van der Waals surface area contributed by atoms with Gasteiger partial charge in [0.25, 0.3) is 0 Å². The van der Waals surface area contributed by atoms with Gasteiger partial charge in [-0.05, 0) is 33.0 Å². The number of benzene rings is 3. The minimum atomic E-state index is -0.459. The van der Waals surface area contributed by atoms with E-state index in [1.54, 1.807) is 12.2 Å². The van der Waals surface area contributed by atoms with Crippen molar-refractivity contribution in [2.75, 3.05) is 0 Å². The molecule has 2 N–H and O–H groups in total.